The van der Waals surface area contributed by atoms with Gasteiger partial charge in [0.1, 0.15) is 0 Å². The molecule has 0 spiro atoms. The van der Waals surface area contributed by atoms with Crippen molar-refractivity contribution in [3.63, 3.8) is 0 Å². The second-order valence-electron chi connectivity index (χ2n) is 5.78. The van der Waals surface area contributed by atoms with E-state index in [1.165, 1.54) is 5.56 Å². The number of rotatable bonds is 3. The number of hydrogen-bond acceptors (Lipinski definition) is 2. The highest BCUT2D eigenvalue weighted by Gasteiger charge is 2.06. The van der Waals surface area contributed by atoms with E-state index in [9.17, 15) is 0 Å². The van der Waals surface area contributed by atoms with Crippen molar-refractivity contribution >= 4 is 17.8 Å². The van der Waals surface area contributed by atoms with Gasteiger partial charge in [0.2, 0.25) is 0 Å². The van der Waals surface area contributed by atoms with Gasteiger partial charge in [0.15, 0.2) is 0 Å². The standard InChI is InChI=1S/C12H16N2.C8H8/c1-5-10-7-6-8-11(9-10)13-14-12(2,3)4;1-2-8-6-4-3-5-7-8/h5-9H,1H2,2-4H3;2-7H,1H2. The van der Waals surface area contributed by atoms with Crippen molar-refractivity contribution in [1.82, 2.24) is 0 Å². The number of nitrogens with zero attached hydrogens (tertiary/aromatic N) is 2. The van der Waals surface area contributed by atoms with Gasteiger partial charge in [-0.05, 0) is 44.0 Å². The van der Waals surface area contributed by atoms with Crippen LogP contribution in [0.5, 0.6) is 0 Å². The van der Waals surface area contributed by atoms with Crippen LogP contribution < -0.4 is 0 Å². The predicted molar refractivity (Wildman–Crippen MR) is 97.3 cm³/mol. The molecular formula is C20H24N2. The zero-order valence-electron chi connectivity index (χ0n) is 13.7. The van der Waals surface area contributed by atoms with Gasteiger partial charge in [-0.25, -0.2) is 0 Å². The van der Waals surface area contributed by atoms with Crippen LogP contribution in [0.2, 0.25) is 0 Å². The van der Waals surface area contributed by atoms with Gasteiger partial charge in [-0.15, -0.1) is 0 Å². The topological polar surface area (TPSA) is 24.7 Å². The van der Waals surface area contributed by atoms with E-state index in [1.807, 2.05) is 81.4 Å². The van der Waals surface area contributed by atoms with Crippen molar-refractivity contribution < 1.29 is 0 Å². The summed E-state index contributed by atoms with van der Waals surface area (Å²) in [4.78, 5) is 0. The van der Waals surface area contributed by atoms with E-state index in [2.05, 4.69) is 23.4 Å². The monoisotopic (exact) mass is 292 g/mol. The fourth-order valence-electron chi connectivity index (χ4n) is 1.51. The lowest BCUT2D eigenvalue weighted by molar-refractivity contribution is 0.552. The summed E-state index contributed by atoms with van der Waals surface area (Å²) in [5, 5.41) is 8.36. The van der Waals surface area contributed by atoms with Crippen LogP contribution in [0.4, 0.5) is 5.69 Å². The highest BCUT2D eigenvalue weighted by molar-refractivity contribution is 5.53. The summed E-state index contributed by atoms with van der Waals surface area (Å²) in [5.74, 6) is 0. The summed E-state index contributed by atoms with van der Waals surface area (Å²) >= 11 is 0. The molecule has 22 heavy (non-hydrogen) atoms. The van der Waals surface area contributed by atoms with Gasteiger partial charge in [-0.1, -0.05) is 67.8 Å². The van der Waals surface area contributed by atoms with E-state index in [0.717, 1.165) is 11.3 Å². The summed E-state index contributed by atoms with van der Waals surface area (Å²) in [5.41, 5.74) is 2.99. The number of hydrogen-bond donors (Lipinski definition) is 0. The van der Waals surface area contributed by atoms with Crippen molar-refractivity contribution in [2.45, 2.75) is 26.3 Å². The first-order valence-corrected chi connectivity index (χ1v) is 7.27. The Balaban J connectivity index is 0.000000255. The second-order valence-corrected chi connectivity index (χ2v) is 5.78. The zero-order chi connectivity index (χ0) is 16.4. The predicted octanol–water partition coefficient (Wildman–Crippen LogP) is 6.54. The van der Waals surface area contributed by atoms with Crippen LogP contribution in [0.3, 0.4) is 0 Å². The Hall–Kier alpha value is -2.48. The van der Waals surface area contributed by atoms with Crippen molar-refractivity contribution in [2.75, 3.05) is 0 Å². The minimum absolute atomic E-state index is 0.121. The van der Waals surface area contributed by atoms with E-state index in [0.29, 0.717) is 0 Å². The molecule has 0 amide bonds. The maximum atomic E-state index is 4.19. The average molecular weight is 292 g/mol. The van der Waals surface area contributed by atoms with Crippen LogP contribution in [0.15, 0.2) is 78.0 Å². The minimum Gasteiger partial charge on any atom is -0.183 e. The molecule has 2 aromatic carbocycles. The third kappa shape index (κ3) is 7.34. The summed E-state index contributed by atoms with van der Waals surface area (Å²) in [6.07, 6.45) is 3.64. The van der Waals surface area contributed by atoms with Crippen molar-refractivity contribution in [3.05, 3.63) is 78.9 Å². The summed E-state index contributed by atoms with van der Waals surface area (Å²) in [6, 6.07) is 17.9. The van der Waals surface area contributed by atoms with Crippen molar-refractivity contribution in [3.8, 4) is 0 Å². The lowest BCUT2D eigenvalue weighted by Gasteiger charge is -2.08. The van der Waals surface area contributed by atoms with Gasteiger partial charge in [-0.3, -0.25) is 0 Å². The molecule has 0 radical (unpaired) electrons. The smallest absolute Gasteiger partial charge is 0.0858 e. The molecule has 2 heteroatoms. The third-order valence-corrected chi connectivity index (χ3v) is 2.61. The van der Waals surface area contributed by atoms with Crippen LogP contribution in [-0.2, 0) is 0 Å². The van der Waals surface area contributed by atoms with E-state index in [1.54, 1.807) is 6.08 Å². The SMILES string of the molecule is C=Cc1cccc(N=NC(C)(C)C)c1.C=Cc1ccccc1. The summed E-state index contributed by atoms with van der Waals surface area (Å²) in [6.45, 7) is 13.4. The first-order valence-electron chi connectivity index (χ1n) is 7.27. The van der Waals surface area contributed by atoms with Crippen molar-refractivity contribution in [2.24, 2.45) is 10.2 Å². The highest BCUT2D eigenvalue weighted by Crippen LogP contribution is 2.18. The fourth-order valence-corrected chi connectivity index (χ4v) is 1.51. The molecule has 0 bridgehead atoms. The molecule has 0 N–H and O–H groups in total. The average Bonchev–Trinajstić information content (AvgIpc) is 2.54. The van der Waals surface area contributed by atoms with E-state index >= 15 is 0 Å². The molecule has 2 rings (SSSR count). The Morgan fingerprint density at radius 2 is 1.41 bits per heavy atom. The lowest BCUT2D eigenvalue weighted by Crippen LogP contribution is -2.07. The van der Waals surface area contributed by atoms with E-state index < -0.39 is 0 Å². The molecule has 114 valence electrons. The van der Waals surface area contributed by atoms with Crippen LogP contribution >= 0.6 is 0 Å². The minimum atomic E-state index is -0.121. The Labute approximate surface area is 133 Å². The van der Waals surface area contributed by atoms with Gasteiger partial charge >= 0.3 is 0 Å². The Bertz CT molecular complexity index is 620. The first kappa shape index (κ1) is 17.6. The largest absolute Gasteiger partial charge is 0.183 e. The van der Waals surface area contributed by atoms with Crippen LogP contribution in [0.25, 0.3) is 12.2 Å². The molecule has 0 unspecified atom stereocenters. The highest BCUT2D eigenvalue weighted by atomic mass is 15.1. The summed E-state index contributed by atoms with van der Waals surface area (Å²) < 4.78 is 0. The van der Waals surface area contributed by atoms with Crippen LogP contribution in [-0.4, -0.2) is 5.54 Å². The molecule has 0 aliphatic heterocycles. The van der Waals surface area contributed by atoms with Crippen LogP contribution in [0.1, 0.15) is 31.9 Å². The van der Waals surface area contributed by atoms with Crippen molar-refractivity contribution in [1.29, 1.82) is 0 Å². The number of azo groups is 1. The number of benzene rings is 2. The third-order valence-electron chi connectivity index (χ3n) is 2.61. The van der Waals surface area contributed by atoms with Gasteiger partial charge in [0.05, 0.1) is 11.2 Å². The van der Waals surface area contributed by atoms with Gasteiger partial charge in [0, 0.05) is 0 Å². The molecule has 0 aromatic heterocycles. The molecule has 0 heterocycles. The molecule has 0 aliphatic rings. The van der Waals surface area contributed by atoms with Crippen LogP contribution in [0, 0.1) is 0 Å². The summed E-state index contributed by atoms with van der Waals surface area (Å²) in [7, 11) is 0. The molecule has 0 saturated carbocycles. The van der Waals surface area contributed by atoms with E-state index in [-0.39, 0.29) is 5.54 Å². The Kier molecular flexibility index (Phi) is 6.97. The van der Waals surface area contributed by atoms with Gasteiger partial charge < -0.3 is 0 Å². The maximum Gasteiger partial charge on any atom is 0.0858 e. The molecule has 0 atom stereocenters. The van der Waals surface area contributed by atoms with Gasteiger partial charge in [0.25, 0.3) is 0 Å². The van der Waals surface area contributed by atoms with E-state index in [4.69, 9.17) is 0 Å². The second kappa shape index (κ2) is 8.73. The zero-order valence-corrected chi connectivity index (χ0v) is 13.7. The lowest BCUT2D eigenvalue weighted by atomic mass is 10.1. The maximum absolute atomic E-state index is 4.19. The fraction of sp³-hybridized carbons (Fsp3) is 0.200. The molecule has 0 saturated heterocycles. The Morgan fingerprint density at radius 3 is 1.91 bits per heavy atom. The molecule has 2 aromatic rings. The molecule has 2 nitrogen and oxygen atoms in total. The normalized spacial score (nSPS) is 10.7. The molecule has 0 fully saturated rings. The first-order chi connectivity index (χ1) is 10.4. The quantitative estimate of drug-likeness (QED) is 0.574. The van der Waals surface area contributed by atoms with Gasteiger partial charge in [-0.2, -0.15) is 10.2 Å². The Morgan fingerprint density at radius 1 is 0.818 bits per heavy atom. The molecular weight excluding hydrogens is 268 g/mol. The molecule has 0 aliphatic carbocycles.